The van der Waals surface area contributed by atoms with Gasteiger partial charge in [0.2, 0.25) is 0 Å². The van der Waals surface area contributed by atoms with E-state index in [1.54, 1.807) is 0 Å². The van der Waals surface area contributed by atoms with Gasteiger partial charge in [0.25, 0.3) is 0 Å². The average Bonchev–Trinajstić information content (AvgIpc) is 2.74. The minimum absolute atomic E-state index is 0.408. The van der Waals surface area contributed by atoms with E-state index in [9.17, 15) is 9.90 Å². The van der Waals surface area contributed by atoms with E-state index in [2.05, 4.69) is 13.8 Å². The van der Waals surface area contributed by atoms with E-state index in [0.29, 0.717) is 25.6 Å². The van der Waals surface area contributed by atoms with Gasteiger partial charge in [-0.3, -0.25) is 4.79 Å². The van der Waals surface area contributed by atoms with E-state index in [0.717, 1.165) is 19.3 Å². The number of carbonyl (C=O) groups is 1. The molecule has 1 fully saturated rings. The number of hydrogen-bond acceptors (Lipinski definition) is 2. The fourth-order valence-corrected chi connectivity index (χ4v) is 2.52. The van der Waals surface area contributed by atoms with Crippen molar-refractivity contribution < 1.29 is 14.6 Å². The maximum atomic E-state index is 11.4. The molecule has 0 aromatic heterocycles. The summed E-state index contributed by atoms with van der Waals surface area (Å²) in [6, 6.07) is 0. The first-order chi connectivity index (χ1) is 7.64. The number of ether oxygens (including phenoxy) is 1. The normalized spacial score (nSPS) is 26.9. The van der Waals surface area contributed by atoms with Crippen LogP contribution in [0.15, 0.2) is 0 Å². The Bertz CT molecular complexity index is 219. The molecule has 1 aliphatic rings. The molecule has 0 radical (unpaired) electrons. The van der Waals surface area contributed by atoms with E-state index in [1.165, 1.54) is 12.8 Å². The maximum Gasteiger partial charge on any atom is 0.312 e. The number of carboxylic acid groups (broad SMARTS) is 1. The highest BCUT2D eigenvalue weighted by atomic mass is 16.5. The van der Waals surface area contributed by atoms with Crippen molar-refractivity contribution in [2.24, 2.45) is 11.3 Å². The summed E-state index contributed by atoms with van der Waals surface area (Å²) in [5, 5.41) is 9.35. The van der Waals surface area contributed by atoms with Gasteiger partial charge in [0, 0.05) is 6.61 Å². The first-order valence-corrected chi connectivity index (χ1v) is 6.45. The van der Waals surface area contributed by atoms with Crippen molar-refractivity contribution in [3.8, 4) is 0 Å². The van der Waals surface area contributed by atoms with Crippen molar-refractivity contribution in [2.75, 3.05) is 13.2 Å². The zero-order chi connectivity index (χ0) is 12.0. The highest BCUT2D eigenvalue weighted by Gasteiger charge is 2.43. The second kappa shape index (κ2) is 6.24. The van der Waals surface area contributed by atoms with E-state index in [-0.39, 0.29) is 0 Å². The van der Waals surface area contributed by atoms with Crippen LogP contribution in [0.5, 0.6) is 0 Å². The smallest absolute Gasteiger partial charge is 0.312 e. The highest BCUT2D eigenvalue weighted by molar-refractivity contribution is 5.75. The quantitative estimate of drug-likeness (QED) is 0.728. The lowest BCUT2D eigenvalue weighted by Crippen LogP contribution is -2.33. The van der Waals surface area contributed by atoms with Crippen molar-refractivity contribution in [3.63, 3.8) is 0 Å². The predicted molar refractivity (Wildman–Crippen MR) is 63.4 cm³/mol. The van der Waals surface area contributed by atoms with Gasteiger partial charge in [0.15, 0.2) is 0 Å². The van der Waals surface area contributed by atoms with Gasteiger partial charge in [-0.1, -0.05) is 39.5 Å². The van der Waals surface area contributed by atoms with Crippen LogP contribution in [0.3, 0.4) is 0 Å². The van der Waals surface area contributed by atoms with Crippen LogP contribution in [0.2, 0.25) is 0 Å². The average molecular weight is 228 g/mol. The molecule has 0 saturated carbocycles. The molecule has 0 spiro atoms. The van der Waals surface area contributed by atoms with Gasteiger partial charge >= 0.3 is 5.97 Å². The van der Waals surface area contributed by atoms with Crippen LogP contribution in [-0.4, -0.2) is 24.3 Å². The second-order valence-electron chi connectivity index (χ2n) is 5.01. The van der Waals surface area contributed by atoms with Crippen LogP contribution in [0.4, 0.5) is 0 Å². The predicted octanol–water partition coefficient (Wildman–Crippen LogP) is 3.08. The summed E-state index contributed by atoms with van der Waals surface area (Å²) >= 11 is 0. The van der Waals surface area contributed by atoms with Gasteiger partial charge in [-0.05, 0) is 18.8 Å². The summed E-state index contributed by atoms with van der Waals surface area (Å²) in [5.41, 5.74) is -0.589. The Labute approximate surface area is 98.2 Å². The minimum Gasteiger partial charge on any atom is -0.481 e. The van der Waals surface area contributed by atoms with Crippen molar-refractivity contribution in [1.82, 2.24) is 0 Å². The summed E-state index contributed by atoms with van der Waals surface area (Å²) in [7, 11) is 0. The monoisotopic (exact) mass is 228 g/mol. The third-order valence-corrected chi connectivity index (χ3v) is 3.78. The molecule has 2 atom stereocenters. The molecule has 16 heavy (non-hydrogen) atoms. The molecule has 1 heterocycles. The lowest BCUT2D eigenvalue weighted by atomic mass is 9.76. The summed E-state index contributed by atoms with van der Waals surface area (Å²) < 4.78 is 5.29. The molecule has 1 saturated heterocycles. The van der Waals surface area contributed by atoms with Gasteiger partial charge in [0.1, 0.15) is 0 Å². The first-order valence-electron chi connectivity index (χ1n) is 6.45. The van der Waals surface area contributed by atoms with Crippen LogP contribution >= 0.6 is 0 Å². The highest BCUT2D eigenvalue weighted by Crippen LogP contribution is 2.38. The van der Waals surface area contributed by atoms with Crippen LogP contribution in [0, 0.1) is 11.3 Å². The van der Waals surface area contributed by atoms with Crippen molar-refractivity contribution in [2.45, 2.75) is 52.4 Å². The van der Waals surface area contributed by atoms with E-state index < -0.39 is 11.4 Å². The third-order valence-electron chi connectivity index (χ3n) is 3.78. The van der Waals surface area contributed by atoms with Gasteiger partial charge in [-0.25, -0.2) is 0 Å². The Hall–Kier alpha value is -0.570. The summed E-state index contributed by atoms with van der Waals surface area (Å²) in [6.45, 7) is 5.35. The minimum atomic E-state index is -0.667. The molecule has 0 aromatic carbocycles. The molecule has 0 amide bonds. The fourth-order valence-electron chi connectivity index (χ4n) is 2.52. The second-order valence-corrected chi connectivity index (χ2v) is 5.01. The molecule has 0 aromatic rings. The molecule has 1 aliphatic heterocycles. The molecule has 3 heteroatoms. The standard InChI is InChI=1S/C13H24O3/c1-3-5-6-11(4-2)9-13(12(14)15)7-8-16-10-13/h11H,3-10H2,1-2H3,(H,14,15). The molecule has 1 rings (SSSR count). The SMILES string of the molecule is CCCCC(CC)CC1(C(=O)O)CCOC1. The number of aliphatic carboxylic acids is 1. The Balaban J connectivity index is 2.55. The van der Waals surface area contributed by atoms with Crippen LogP contribution < -0.4 is 0 Å². The Kier molecular flexibility index (Phi) is 5.26. The number of hydrogen-bond donors (Lipinski definition) is 1. The van der Waals surface area contributed by atoms with Crippen LogP contribution in [0.25, 0.3) is 0 Å². The van der Waals surface area contributed by atoms with Crippen molar-refractivity contribution in [1.29, 1.82) is 0 Å². The fraction of sp³-hybridized carbons (Fsp3) is 0.923. The molecular weight excluding hydrogens is 204 g/mol. The molecule has 94 valence electrons. The van der Waals surface area contributed by atoms with Gasteiger partial charge in [0.05, 0.1) is 12.0 Å². The molecule has 2 unspecified atom stereocenters. The summed E-state index contributed by atoms with van der Waals surface area (Å²) in [5.74, 6) is -0.127. The lowest BCUT2D eigenvalue weighted by Gasteiger charge is -2.27. The summed E-state index contributed by atoms with van der Waals surface area (Å²) in [6.07, 6.45) is 6.10. The van der Waals surface area contributed by atoms with Gasteiger partial charge in [-0.2, -0.15) is 0 Å². The Morgan fingerprint density at radius 2 is 2.25 bits per heavy atom. The van der Waals surface area contributed by atoms with Gasteiger partial charge < -0.3 is 9.84 Å². The molecule has 1 N–H and O–H groups in total. The van der Waals surface area contributed by atoms with E-state index >= 15 is 0 Å². The van der Waals surface area contributed by atoms with Crippen molar-refractivity contribution in [3.05, 3.63) is 0 Å². The summed E-state index contributed by atoms with van der Waals surface area (Å²) in [4.78, 5) is 11.4. The van der Waals surface area contributed by atoms with Gasteiger partial charge in [-0.15, -0.1) is 0 Å². The number of rotatable bonds is 7. The van der Waals surface area contributed by atoms with Crippen molar-refractivity contribution >= 4 is 5.97 Å². The molecule has 3 nitrogen and oxygen atoms in total. The number of unbranched alkanes of at least 4 members (excludes halogenated alkanes) is 1. The van der Waals surface area contributed by atoms with Crippen LogP contribution in [0.1, 0.15) is 52.4 Å². The molecule has 0 aliphatic carbocycles. The zero-order valence-corrected chi connectivity index (χ0v) is 10.5. The largest absolute Gasteiger partial charge is 0.481 e. The maximum absolute atomic E-state index is 11.4. The molecular formula is C13H24O3. The molecule has 0 bridgehead atoms. The van der Waals surface area contributed by atoms with E-state index in [4.69, 9.17) is 4.74 Å². The Morgan fingerprint density at radius 1 is 1.50 bits per heavy atom. The third kappa shape index (κ3) is 3.21. The topological polar surface area (TPSA) is 46.5 Å². The zero-order valence-electron chi connectivity index (χ0n) is 10.5. The number of carboxylic acids is 1. The van der Waals surface area contributed by atoms with Crippen LogP contribution in [-0.2, 0) is 9.53 Å². The van der Waals surface area contributed by atoms with E-state index in [1.807, 2.05) is 0 Å². The Morgan fingerprint density at radius 3 is 2.69 bits per heavy atom. The lowest BCUT2D eigenvalue weighted by molar-refractivity contribution is -0.150. The first kappa shape index (κ1) is 13.5.